The third-order valence-corrected chi connectivity index (χ3v) is 7.89. The van der Waals surface area contributed by atoms with Crippen molar-refractivity contribution >= 4 is 11.8 Å². The number of hydrogen-bond acceptors (Lipinski definition) is 5. The van der Waals surface area contributed by atoms with Gasteiger partial charge in [-0.2, -0.15) is 0 Å². The Morgan fingerprint density at radius 1 is 0.949 bits per heavy atom. The molecule has 0 saturated carbocycles. The Bertz CT molecular complexity index is 1350. The zero-order valence-electron chi connectivity index (χ0n) is 22.2. The second kappa shape index (κ2) is 11.4. The summed E-state index contributed by atoms with van der Waals surface area (Å²) in [5.74, 6) is -0.355. The number of ether oxygens (including phenoxy) is 2. The van der Waals surface area contributed by atoms with Crippen LogP contribution in [0.3, 0.4) is 0 Å². The van der Waals surface area contributed by atoms with Gasteiger partial charge in [-0.05, 0) is 73.1 Å². The number of benzene rings is 3. The monoisotopic (exact) mass is 532 g/mol. The molecule has 0 aromatic heterocycles. The van der Waals surface area contributed by atoms with E-state index in [1.54, 1.807) is 18.2 Å². The van der Waals surface area contributed by atoms with Gasteiger partial charge in [0.15, 0.2) is 11.5 Å². The zero-order valence-corrected chi connectivity index (χ0v) is 22.2. The summed E-state index contributed by atoms with van der Waals surface area (Å²) in [4.78, 5) is 28.6. The fourth-order valence-electron chi connectivity index (χ4n) is 6.04. The number of carbonyl (C=O) groups excluding carboxylic acids is 2. The molecule has 204 valence electrons. The third kappa shape index (κ3) is 5.55. The highest BCUT2D eigenvalue weighted by Gasteiger charge is 2.43. The molecule has 2 bridgehead atoms. The summed E-state index contributed by atoms with van der Waals surface area (Å²) >= 11 is 0. The van der Waals surface area contributed by atoms with E-state index in [4.69, 9.17) is 9.47 Å². The van der Waals surface area contributed by atoms with Gasteiger partial charge in [-0.15, -0.1) is 0 Å². The number of methoxy groups -OCH3 is 2. The predicted molar refractivity (Wildman–Crippen MR) is 145 cm³/mol. The number of phenols is 1. The normalized spacial score (nSPS) is 20.0. The minimum atomic E-state index is -0.382. The Labute approximate surface area is 227 Å². The average Bonchev–Trinajstić information content (AvgIpc) is 3.21. The molecule has 2 N–H and O–H groups in total. The number of amides is 2. The molecule has 0 spiro atoms. The number of carbonyl (C=O) groups is 2. The highest BCUT2D eigenvalue weighted by molar-refractivity contribution is 5.98. The van der Waals surface area contributed by atoms with Crippen LogP contribution in [0.2, 0.25) is 0 Å². The van der Waals surface area contributed by atoms with Gasteiger partial charge in [-0.25, -0.2) is 4.39 Å². The van der Waals surface area contributed by atoms with Crippen LogP contribution in [-0.4, -0.2) is 54.2 Å². The van der Waals surface area contributed by atoms with Gasteiger partial charge in [0.2, 0.25) is 11.7 Å². The summed E-state index contributed by atoms with van der Waals surface area (Å²) in [5.41, 5.74) is 3.15. The van der Waals surface area contributed by atoms with Crippen LogP contribution in [0.1, 0.15) is 52.7 Å². The van der Waals surface area contributed by atoms with E-state index in [2.05, 4.69) is 5.32 Å². The van der Waals surface area contributed by atoms with Crippen LogP contribution in [0.5, 0.6) is 17.2 Å². The van der Waals surface area contributed by atoms with E-state index in [1.165, 1.54) is 32.4 Å². The van der Waals surface area contributed by atoms with Gasteiger partial charge in [0, 0.05) is 18.1 Å². The number of fused-ring (bicyclic) bond motifs is 2. The number of aromatic hydroxyl groups is 1. The first-order valence-electron chi connectivity index (χ1n) is 13.2. The van der Waals surface area contributed by atoms with Crippen LogP contribution in [-0.2, 0) is 17.6 Å². The Morgan fingerprint density at radius 2 is 1.62 bits per heavy atom. The molecule has 2 aliphatic rings. The van der Waals surface area contributed by atoms with Gasteiger partial charge in [0.1, 0.15) is 5.82 Å². The number of nitrogens with zero attached hydrogens (tertiary/aromatic N) is 1. The molecule has 2 aliphatic heterocycles. The van der Waals surface area contributed by atoms with Gasteiger partial charge in [-0.3, -0.25) is 9.59 Å². The molecule has 0 radical (unpaired) electrons. The molecular weight excluding hydrogens is 499 g/mol. The molecule has 39 heavy (non-hydrogen) atoms. The highest BCUT2D eigenvalue weighted by Crippen LogP contribution is 2.40. The van der Waals surface area contributed by atoms with E-state index in [9.17, 15) is 19.1 Å². The van der Waals surface area contributed by atoms with Gasteiger partial charge >= 0.3 is 0 Å². The maximum atomic E-state index is 13.5. The molecule has 2 fully saturated rings. The molecule has 7 nitrogen and oxygen atoms in total. The standard InChI is InChI=1S/C31H33FN2O5/c1-38-27-14-13-26(29(36)30(27)39-2)31(37)33-23-17-24-11-12-25(18-23)34(24)28(35)16-21-6-4-3-5-20(21)15-19-7-9-22(32)10-8-19/h3-10,13-14,23-25,36H,11-12,15-18H2,1-2H3,(H,33,37)/t23?,24-,25+. The first kappa shape index (κ1) is 26.5. The van der Waals surface area contributed by atoms with Crippen molar-refractivity contribution in [1.29, 1.82) is 0 Å². The van der Waals surface area contributed by atoms with Crippen molar-refractivity contribution in [2.75, 3.05) is 14.2 Å². The van der Waals surface area contributed by atoms with Gasteiger partial charge in [0.05, 0.1) is 26.2 Å². The second-order valence-corrected chi connectivity index (χ2v) is 10.3. The summed E-state index contributed by atoms with van der Waals surface area (Å²) in [6.07, 6.45) is 4.08. The molecule has 3 aromatic rings. The molecule has 3 aromatic carbocycles. The number of phenolic OH excluding ortho intramolecular Hbond substituents is 1. The van der Waals surface area contributed by atoms with Crippen LogP contribution >= 0.6 is 0 Å². The first-order valence-corrected chi connectivity index (χ1v) is 13.2. The quantitative estimate of drug-likeness (QED) is 0.442. The van der Waals surface area contributed by atoms with Gasteiger partial charge in [-0.1, -0.05) is 36.4 Å². The van der Waals surface area contributed by atoms with Crippen molar-refractivity contribution in [1.82, 2.24) is 10.2 Å². The number of halogens is 1. The Hall–Kier alpha value is -4.07. The van der Waals surface area contributed by atoms with E-state index in [0.717, 1.165) is 29.5 Å². The lowest BCUT2D eigenvalue weighted by molar-refractivity contribution is -0.135. The Morgan fingerprint density at radius 3 is 2.26 bits per heavy atom. The van der Waals surface area contributed by atoms with Crippen molar-refractivity contribution in [2.45, 2.75) is 56.7 Å². The van der Waals surface area contributed by atoms with Crippen molar-refractivity contribution in [2.24, 2.45) is 0 Å². The minimum absolute atomic E-state index is 0.0600. The molecule has 8 heteroatoms. The van der Waals surface area contributed by atoms with Gasteiger partial charge in [0.25, 0.3) is 5.91 Å². The molecule has 2 amide bonds. The van der Waals surface area contributed by atoms with Crippen LogP contribution in [0.15, 0.2) is 60.7 Å². The van der Waals surface area contributed by atoms with E-state index >= 15 is 0 Å². The molecule has 5 rings (SSSR count). The summed E-state index contributed by atoms with van der Waals surface area (Å²) in [6.45, 7) is 0. The maximum Gasteiger partial charge on any atom is 0.255 e. The maximum absolute atomic E-state index is 13.5. The minimum Gasteiger partial charge on any atom is -0.504 e. The first-order chi connectivity index (χ1) is 18.9. The van der Waals surface area contributed by atoms with E-state index in [0.29, 0.717) is 31.4 Å². The molecule has 0 aliphatic carbocycles. The number of nitrogens with one attached hydrogen (secondary N) is 1. The van der Waals surface area contributed by atoms with E-state index in [-0.39, 0.29) is 52.8 Å². The highest BCUT2D eigenvalue weighted by atomic mass is 19.1. The van der Waals surface area contributed by atoms with Crippen LogP contribution in [0.4, 0.5) is 4.39 Å². The summed E-state index contributed by atoms with van der Waals surface area (Å²) in [5, 5.41) is 13.6. The molecule has 2 heterocycles. The number of hydrogen-bond donors (Lipinski definition) is 2. The molecular formula is C31H33FN2O5. The third-order valence-electron chi connectivity index (χ3n) is 7.89. The summed E-state index contributed by atoms with van der Waals surface area (Å²) < 4.78 is 23.7. The van der Waals surface area contributed by atoms with E-state index < -0.39 is 0 Å². The zero-order chi connectivity index (χ0) is 27.5. The lowest BCUT2D eigenvalue weighted by Gasteiger charge is -2.39. The molecule has 2 saturated heterocycles. The lowest BCUT2D eigenvalue weighted by Crippen LogP contribution is -2.52. The fourth-order valence-corrected chi connectivity index (χ4v) is 6.04. The average molecular weight is 533 g/mol. The Balaban J connectivity index is 1.24. The predicted octanol–water partition coefficient (Wildman–Crippen LogP) is 4.63. The largest absolute Gasteiger partial charge is 0.504 e. The van der Waals surface area contributed by atoms with Crippen molar-refractivity contribution in [3.63, 3.8) is 0 Å². The van der Waals surface area contributed by atoms with Crippen LogP contribution in [0, 0.1) is 5.82 Å². The summed E-state index contributed by atoms with van der Waals surface area (Å²) in [7, 11) is 2.87. The summed E-state index contributed by atoms with van der Waals surface area (Å²) in [6, 6.07) is 17.5. The SMILES string of the molecule is COc1ccc(C(=O)NC2C[C@H]3CC[C@@H](C2)N3C(=O)Cc2ccccc2Cc2ccc(F)cc2)c(O)c1OC. The second-order valence-electron chi connectivity index (χ2n) is 10.3. The van der Waals surface area contributed by atoms with Crippen LogP contribution < -0.4 is 14.8 Å². The van der Waals surface area contributed by atoms with E-state index in [1.807, 2.05) is 29.2 Å². The van der Waals surface area contributed by atoms with Crippen molar-refractivity contribution in [3.05, 3.63) is 88.7 Å². The fraction of sp³-hybridized carbons (Fsp3) is 0.355. The Kier molecular flexibility index (Phi) is 7.72. The van der Waals surface area contributed by atoms with Gasteiger partial charge < -0.3 is 24.8 Å². The molecule has 1 unspecified atom stereocenters. The molecule has 3 atom stereocenters. The topological polar surface area (TPSA) is 88.1 Å². The number of piperidine rings is 1. The lowest BCUT2D eigenvalue weighted by atomic mass is 9.94. The van der Waals surface area contributed by atoms with Crippen LogP contribution in [0.25, 0.3) is 0 Å². The number of rotatable bonds is 8. The smallest absolute Gasteiger partial charge is 0.255 e. The van der Waals surface area contributed by atoms with Crippen molar-refractivity contribution in [3.8, 4) is 17.2 Å². The van der Waals surface area contributed by atoms with Crippen molar-refractivity contribution < 1.29 is 28.6 Å².